The van der Waals surface area contributed by atoms with E-state index in [4.69, 9.17) is 0 Å². The van der Waals surface area contributed by atoms with E-state index < -0.39 is 5.97 Å². The number of carbonyl (C=O) groups is 1. The molecule has 2 fully saturated rings. The van der Waals surface area contributed by atoms with Crippen LogP contribution in [0.4, 0.5) is 0 Å². The van der Waals surface area contributed by atoms with Crippen LogP contribution in [0.25, 0.3) is 0 Å². The van der Waals surface area contributed by atoms with Gasteiger partial charge in [-0.15, -0.1) is 23.5 Å². The van der Waals surface area contributed by atoms with Gasteiger partial charge in [0.15, 0.2) is 0 Å². The first-order valence-electron chi connectivity index (χ1n) is 6.76. The minimum absolute atomic E-state index is 0.186. The second-order valence-electron chi connectivity index (χ2n) is 5.31. The molecule has 1 saturated heterocycles. The quantitative estimate of drug-likeness (QED) is 0.899. The lowest BCUT2D eigenvalue weighted by Gasteiger charge is -2.40. The van der Waals surface area contributed by atoms with Gasteiger partial charge in [0, 0.05) is 11.5 Å². The zero-order valence-electron chi connectivity index (χ0n) is 10.7. The molecule has 19 heavy (non-hydrogen) atoms. The van der Waals surface area contributed by atoms with Crippen LogP contribution in [-0.4, -0.2) is 26.7 Å². The summed E-state index contributed by atoms with van der Waals surface area (Å²) < 4.78 is 0.189. The largest absolute Gasteiger partial charge is 0.481 e. The Kier molecular flexibility index (Phi) is 3.81. The zero-order chi connectivity index (χ0) is 13.3. The van der Waals surface area contributed by atoms with Crippen molar-refractivity contribution in [1.82, 2.24) is 0 Å². The maximum atomic E-state index is 11.7. The van der Waals surface area contributed by atoms with E-state index in [0.29, 0.717) is 0 Å². The van der Waals surface area contributed by atoms with E-state index in [1.54, 1.807) is 0 Å². The van der Waals surface area contributed by atoms with Crippen molar-refractivity contribution >= 4 is 29.5 Å². The maximum absolute atomic E-state index is 11.7. The zero-order valence-corrected chi connectivity index (χ0v) is 12.4. The monoisotopic (exact) mass is 294 g/mol. The summed E-state index contributed by atoms with van der Waals surface area (Å²) in [4.78, 5) is 11.7. The lowest BCUT2D eigenvalue weighted by atomic mass is 9.75. The van der Waals surface area contributed by atoms with Gasteiger partial charge in [0.2, 0.25) is 0 Å². The highest BCUT2D eigenvalue weighted by molar-refractivity contribution is 8.21. The molecular weight excluding hydrogens is 276 g/mol. The third-order valence-corrected chi connectivity index (χ3v) is 7.79. The summed E-state index contributed by atoms with van der Waals surface area (Å²) in [5.41, 5.74) is 1.19. The third-order valence-electron chi connectivity index (χ3n) is 4.21. The molecule has 0 aromatic heterocycles. The van der Waals surface area contributed by atoms with Gasteiger partial charge in [0.05, 0.1) is 10.00 Å². The van der Waals surface area contributed by atoms with Crippen molar-refractivity contribution in [3.8, 4) is 0 Å². The molecule has 2 nitrogen and oxygen atoms in total. The van der Waals surface area contributed by atoms with E-state index in [9.17, 15) is 9.90 Å². The third kappa shape index (κ3) is 2.65. The fourth-order valence-corrected chi connectivity index (χ4v) is 6.64. The van der Waals surface area contributed by atoms with Gasteiger partial charge in [-0.1, -0.05) is 30.3 Å². The molecule has 1 spiro atoms. The fourth-order valence-electron chi connectivity index (χ4n) is 3.27. The lowest BCUT2D eigenvalue weighted by Crippen LogP contribution is -2.36. The molecule has 0 amide bonds. The van der Waals surface area contributed by atoms with Crippen molar-refractivity contribution in [2.45, 2.75) is 29.3 Å². The Hall–Kier alpha value is -0.610. The highest BCUT2D eigenvalue weighted by Crippen LogP contribution is 2.57. The Labute approximate surface area is 122 Å². The average Bonchev–Trinajstić information content (AvgIpc) is 2.88. The van der Waals surface area contributed by atoms with Gasteiger partial charge >= 0.3 is 5.97 Å². The van der Waals surface area contributed by atoms with Crippen LogP contribution in [0.1, 0.15) is 30.7 Å². The topological polar surface area (TPSA) is 37.3 Å². The van der Waals surface area contributed by atoms with Gasteiger partial charge in [-0.3, -0.25) is 4.79 Å². The molecule has 0 unspecified atom stereocenters. The van der Waals surface area contributed by atoms with E-state index >= 15 is 0 Å². The van der Waals surface area contributed by atoms with Crippen LogP contribution < -0.4 is 0 Å². The molecule has 1 aliphatic carbocycles. The lowest BCUT2D eigenvalue weighted by molar-refractivity contribution is -0.143. The smallest absolute Gasteiger partial charge is 0.307 e. The number of hydrogen-bond donors (Lipinski definition) is 1. The standard InChI is InChI=1S/C15H18O2S2/c16-14(17)13-10-15(18-8-9-19-15)7-6-12(13)11-4-2-1-3-5-11/h1-5,12-13H,6-10H2,(H,16,17)/t12-,13-/m1/s1. The average molecular weight is 294 g/mol. The van der Waals surface area contributed by atoms with Crippen LogP contribution in [0, 0.1) is 5.92 Å². The predicted molar refractivity (Wildman–Crippen MR) is 81.8 cm³/mol. The molecule has 2 aliphatic rings. The summed E-state index contributed by atoms with van der Waals surface area (Å²) in [7, 11) is 0. The summed E-state index contributed by atoms with van der Waals surface area (Å²) in [5.74, 6) is 1.68. The minimum Gasteiger partial charge on any atom is -0.481 e. The number of rotatable bonds is 2. The summed E-state index contributed by atoms with van der Waals surface area (Å²) in [6.07, 6.45) is 2.96. The van der Waals surface area contributed by atoms with Crippen molar-refractivity contribution in [1.29, 1.82) is 0 Å². The molecule has 102 valence electrons. The van der Waals surface area contributed by atoms with Crippen molar-refractivity contribution in [2.75, 3.05) is 11.5 Å². The highest BCUT2D eigenvalue weighted by atomic mass is 32.2. The van der Waals surface area contributed by atoms with Crippen molar-refractivity contribution in [3.05, 3.63) is 35.9 Å². The number of carboxylic acid groups (broad SMARTS) is 1. The maximum Gasteiger partial charge on any atom is 0.307 e. The molecule has 1 aromatic carbocycles. The van der Waals surface area contributed by atoms with Gasteiger partial charge in [-0.25, -0.2) is 0 Å². The van der Waals surface area contributed by atoms with Gasteiger partial charge in [0.1, 0.15) is 0 Å². The molecule has 2 atom stereocenters. The van der Waals surface area contributed by atoms with E-state index in [1.165, 1.54) is 17.1 Å². The normalized spacial score (nSPS) is 29.5. The predicted octanol–water partition coefficient (Wildman–Crippen LogP) is 3.83. The van der Waals surface area contributed by atoms with Crippen LogP contribution in [-0.2, 0) is 4.79 Å². The number of carboxylic acids is 1. The van der Waals surface area contributed by atoms with Crippen LogP contribution in [0.5, 0.6) is 0 Å². The van der Waals surface area contributed by atoms with Crippen molar-refractivity contribution in [3.63, 3.8) is 0 Å². The molecule has 3 rings (SSSR count). The van der Waals surface area contributed by atoms with Crippen molar-refractivity contribution in [2.24, 2.45) is 5.92 Å². The molecule has 1 heterocycles. The van der Waals surface area contributed by atoms with E-state index in [-0.39, 0.29) is 15.9 Å². The second kappa shape index (κ2) is 5.41. The molecule has 1 N–H and O–H groups in total. The molecular formula is C15H18O2S2. The molecule has 0 radical (unpaired) electrons. The Balaban J connectivity index is 1.84. The SMILES string of the molecule is O=C(O)[C@@H]1CC2(CC[C@@H]1c1ccccc1)SCCS2. The first-order valence-corrected chi connectivity index (χ1v) is 8.73. The van der Waals surface area contributed by atoms with Crippen LogP contribution in [0.3, 0.4) is 0 Å². The fraction of sp³-hybridized carbons (Fsp3) is 0.533. The van der Waals surface area contributed by atoms with E-state index in [0.717, 1.165) is 19.3 Å². The molecule has 4 heteroatoms. The summed E-state index contributed by atoms with van der Waals surface area (Å²) in [6, 6.07) is 10.2. The Bertz CT molecular complexity index is 454. The van der Waals surface area contributed by atoms with Crippen LogP contribution >= 0.6 is 23.5 Å². The van der Waals surface area contributed by atoms with Crippen molar-refractivity contribution < 1.29 is 9.90 Å². The summed E-state index contributed by atoms with van der Waals surface area (Å²) in [5, 5.41) is 9.60. The van der Waals surface area contributed by atoms with Crippen LogP contribution in [0.2, 0.25) is 0 Å². The van der Waals surface area contributed by atoms with Gasteiger partial charge in [-0.2, -0.15) is 0 Å². The molecule has 1 aliphatic heterocycles. The first-order chi connectivity index (χ1) is 9.20. The Morgan fingerprint density at radius 2 is 1.89 bits per heavy atom. The number of aliphatic carboxylic acids is 1. The second-order valence-corrected chi connectivity index (χ2v) is 8.53. The van der Waals surface area contributed by atoms with E-state index in [2.05, 4.69) is 12.1 Å². The molecule has 1 aromatic rings. The number of benzene rings is 1. The molecule has 1 saturated carbocycles. The van der Waals surface area contributed by atoms with Gasteiger partial charge < -0.3 is 5.11 Å². The first kappa shape index (κ1) is 13.4. The molecule has 0 bridgehead atoms. The minimum atomic E-state index is -0.624. The Morgan fingerprint density at radius 3 is 2.53 bits per heavy atom. The van der Waals surface area contributed by atoms with Crippen LogP contribution in [0.15, 0.2) is 30.3 Å². The number of hydrogen-bond acceptors (Lipinski definition) is 3. The number of thioether (sulfide) groups is 2. The highest BCUT2D eigenvalue weighted by Gasteiger charge is 2.46. The van der Waals surface area contributed by atoms with Gasteiger partial charge in [-0.05, 0) is 30.7 Å². The van der Waals surface area contributed by atoms with E-state index in [1.807, 2.05) is 41.7 Å². The summed E-state index contributed by atoms with van der Waals surface area (Å²) in [6.45, 7) is 0. The van der Waals surface area contributed by atoms with Gasteiger partial charge in [0.25, 0.3) is 0 Å². The summed E-state index contributed by atoms with van der Waals surface area (Å²) >= 11 is 3.97. The Morgan fingerprint density at radius 1 is 1.21 bits per heavy atom.